The lowest BCUT2D eigenvalue weighted by molar-refractivity contribution is 0.0287. The summed E-state index contributed by atoms with van der Waals surface area (Å²) < 4.78 is 11.9. The van der Waals surface area contributed by atoms with Gasteiger partial charge in [-0.1, -0.05) is 0 Å². The average Bonchev–Trinajstić information content (AvgIpc) is 3.12. The Balaban J connectivity index is 2.05. The Morgan fingerprint density at radius 1 is 1.23 bits per heavy atom. The Bertz CT molecular complexity index is 1110. The van der Waals surface area contributed by atoms with Crippen molar-refractivity contribution in [3.05, 3.63) is 24.0 Å². The molecule has 0 aromatic carbocycles. The highest BCUT2D eigenvalue weighted by Gasteiger charge is 2.29. The molecule has 0 unspecified atom stereocenters. The lowest BCUT2D eigenvalue weighted by atomic mass is 10.2. The second kappa shape index (κ2) is 8.81. The quantitative estimate of drug-likeness (QED) is 0.583. The maximum atomic E-state index is 13.1. The van der Waals surface area contributed by atoms with Crippen molar-refractivity contribution in [3.8, 4) is 12.1 Å². The summed E-state index contributed by atoms with van der Waals surface area (Å²) >= 11 is 0. The van der Waals surface area contributed by atoms with E-state index in [0.717, 1.165) is 4.57 Å². The van der Waals surface area contributed by atoms with Gasteiger partial charge in [-0.25, -0.2) is 14.3 Å². The maximum absolute atomic E-state index is 13.1. The van der Waals surface area contributed by atoms with Crippen molar-refractivity contribution in [1.82, 2.24) is 14.5 Å². The monoisotopic (exact) mass is 423 g/mol. The first-order valence-electron chi connectivity index (χ1n) is 9.49. The molecule has 1 fully saturated rings. The third kappa shape index (κ3) is 4.97. The SMILES string of the molecule is CC(C)(C)OC(=O)n1c(C(=O)N2CCOCC2)cc2cc(NN=C(C#N)C#N)cnc21. The number of hydrazone groups is 1. The first kappa shape index (κ1) is 21.7. The normalized spacial score (nSPS) is 13.8. The number of hydrogen-bond donors (Lipinski definition) is 1. The number of aromatic nitrogens is 2. The fraction of sp³-hybridized carbons (Fsp3) is 0.400. The molecule has 31 heavy (non-hydrogen) atoms. The third-order valence-corrected chi connectivity index (χ3v) is 4.24. The number of fused-ring (bicyclic) bond motifs is 1. The van der Waals surface area contributed by atoms with E-state index >= 15 is 0 Å². The molecule has 160 valence electrons. The molecule has 0 spiro atoms. The minimum Gasteiger partial charge on any atom is -0.443 e. The zero-order chi connectivity index (χ0) is 22.6. The van der Waals surface area contributed by atoms with Gasteiger partial charge in [0.2, 0.25) is 5.71 Å². The van der Waals surface area contributed by atoms with Gasteiger partial charge in [0.15, 0.2) is 0 Å². The van der Waals surface area contributed by atoms with E-state index < -0.39 is 11.7 Å². The average molecular weight is 423 g/mol. The highest BCUT2D eigenvalue weighted by Crippen LogP contribution is 2.24. The summed E-state index contributed by atoms with van der Waals surface area (Å²) in [6.07, 6.45) is 0.656. The zero-order valence-corrected chi connectivity index (χ0v) is 17.4. The van der Waals surface area contributed by atoms with Crippen LogP contribution in [0.3, 0.4) is 0 Å². The standard InChI is InChI=1S/C20H21N7O4/c1-20(2,3)31-19(29)27-16(18(28)26-4-6-30-7-5-26)9-13-8-14(12-23-17(13)27)24-25-15(10-21)11-22/h8-9,12,24H,4-7H2,1-3H3. The molecular formula is C20H21N7O4. The lowest BCUT2D eigenvalue weighted by Gasteiger charge is -2.27. The Hall–Kier alpha value is -3.96. The Kier molecular flexibility index (Phi) is 6.18. The number of hydrogen-bond acceptors (Lipinski definition) is 9. The molecular weight excluding hydrogens is 402 g/mol. The summed E-state index contributed by atoms with van der Waals surface area (Å²) in [6, 6.07) is 6.44. The van der Waals surface area contributed by atoms with Crippen LogP contribution < -0.4 is 5.43 Å². The van der Waals surface area contributed by atoms with Crippen LogP contribution in [0.1, 0.15) is 31.3 Å². The zero-order valence-electron chi connectivity index (χ0n) is 17.4. The largest absolute Gasteiger partial charge is 0.443 e. The number of nitrogens with one attached hydrogen (secondary N) is 1. The number of pyridine rings is 1. The molecule has 0 saturated carbocycles. The van der Waals surface area contributed by atoms with E-state index in [1.165, 1.54) is 6.20 Å². The van der Waals surface area contributed by atoms with Crippen LogP contribution in [0.5, 0.6) is 0 Å². The van der Waals surface area contributed by atoms with E-state index in [1.54, 1.807) is 49.9 Å². The molecule has 0 radical (unpaired) electrons. The van der Waals surface area contributed by atoms with Gasteiger partial charge >= 0.3 is 6.09 Å². The minimum absolute atomic E-state index is 0.119. The number of nitriles is 2. The van der Waals surface area contributed by atoms with Gasteiger partial charge in [0.25, 0.3) is 5.91 Å². The fourth-order valence-electron chi connectivity index (χ4n) is 2.93. The Labute approximate surface area is 178 Å². The van der Waals surface area contributed by atoms with Crippen LogP contribution in [-0.4, -0.2) is 64.1 Å². The fourth-order valence-corrected chi connectivity index (χ4v) is 2.93. The van der Waals surface area contributed by atoms with Gasteiger partial charge in [0.05, 0.1) is 25.1 Å². The molecule has 0 atom stereocenters. The molecule has 11 nitrogen and oxygen atoms in total. The van der Waals surface area contributed by atoms with E-state index in [-0.39, 0.29) is 23.0 Å². The van der Waals surface area contributed by atoms with E-state index in [9.17, 15) is 9.59 Å². The van der Waals surface area contributed by atoms with Gasteiger partial charge in [-0.15, -0.1) is 0 Å². The van der Waals surface area contributed by atoms with Gasteiger partial charge < -0.3 is 14.4 Å². The van der Waals surface area contributed by atoms with Crippen LogP contribution in [0.4, 0.5) is 10.5 Å². The number of carbonyl (C=O) groups excluding carboxylic acids is 2. The van der Waals surface area contributed by atoms with Crippen LogP contribution in [-0.2, 0) is 9.47 Å². The van der Waals surface area contributed by atoms with Gasteiger partial charge in [0.1, 0.15) is 29.1 Å². The van der Waals surface area contributed by atoms with Crippen LogP contribution in [0.25, 0.3) is 11.0 Å². The molecule has 0 bridgehead atoms. The van der Waals surface area contributed by atoms with Crippen molar-refractivity contribution >= 4 is 34.4 Å². The number of morpholine rings is 1. The number of amides is 1. The van der Waals surface area contributed by atoms with Gasteiger partial charge in [-0.05, 0) is 32.9 Å². The first-order valence-corrected chi connectivity index (χ1v) is 9.49. The van der Waals surface area contributed by atoms with Crippen molar-refractivity contribution in [3.63, 3.8) is 0 Å². The molecule has 1 aliphatic heterocycles. The molecule has 3 heterocycles. The first-order chi connectivity index (χ1) is 14.7. The number of ether oxygens (including phenoxy) is 2. The second-order valence-electron chi connectivity index (χ2n) is 7.68. The van der Waals surface area contributed by atoms with Gasteiger partial charge in [-0.2, -0.15) is 15.6 Å². The number of rotatable bonds is 3. The topological polar surface area (TPSA) is 146 Å². The van der Waals surface area contributed by atoms with Crippen molar-refractivity contribution in [2.75, 3.05) is 31.7 Å². The Morgan fingerprint density at radius 2 is 1.90 bits per heavy atom. The van der Waals surface area contributed by atoms with Crippen LogP contribution in [0, 0.1) is 22.7 Å². The third-order valence-electron chi connectivity index (χ3n) is 4.24. The predicted octanol–water partition coefficient (Wildman–Crippen LogP) is 2.11. The number of anilines is 1. The van der Waals surface area contributed by atoms with E-state index in [0.29, 0.717) is 37.4 Å². The van der Waals surface area contributed by atoms with Gasteiger partial charge in [-0.3, -0.25) is 10.2 Å². The molecule has 2 aromatic rings. The highest BCUT2D eigenvalue weighted by molar-refractivity contribution is 6.10. The molecule has 1 saturated heterocycles. The molecule has 1 N–H and O–H groups in total. The van der Waals surface area contributed by atoms with Crippen molar-refractivity contribution in [2.24, 2.45) is 5.10 Å². The number of carbonyl (C=O) groups is 2. The summed E-state index contributed by atoms with van der Waals surface area (Å²) in [5.41, 5.74) is 2.18. The molecule has 1 aliphatic rings. The van der Waals surface area contributed by atoms with E-state index in [1.807, 2.05) is 0 Å². The van der Waals surface area contributed by atoms with Gasteiger partial charge in [0, 0.05) is 18.5 Å². The molecule has 2 aromatic heterocycles. The maximum Gasteiger partial charge on any atom is 0.420 e. The minimum atomic E-state index is -0.770. The lowest BCUT2D eigenvalue weighted by Crippen LogP contribution is -2.42. The molecule has 0 aliphatic carbocycles. The summed E-state index contributed by atoms with van der Waals surface area (Å²) in [4.78, 5) is 31.9. The Morgan fingerprint density at radius 3 is 2.52 bits per heavy atom. The van der Waals surface area contributed by atoms with Crippen molar-refractivity contribution < 1.29 is 19.1 Å². The van der Waals surface area contributed by atoms with Crippen molar-refractivity contribution in [1.29, 1.82) is 10.5 Å². The second-order valence-corrected chi connectivity index (χ2v) is 7.68. The van der Waals surface area contributed by atoms with Crippen molar-refractivity contribution in [2.45, 2.75) is 26.4 Å². The summed E-state index contributed by atoms with van der Waals surface area (Å²) in [5.74, 6) is -0.337. The van der Waals surface area contributed by atoms with Crippen LogP contribution in [0.15, 0.2) is 23.4 Å². The van der Waals surface area contributed by atoms with E-state index in [4.69, 9.17) is 20.0 Å². The van der Waals surface area contributed by atoms with E-state index in [2.05, 4.69) is 15.5 Å². The molecule has 1 amide bonds. The summed E-state index contributed by atoms with van der Waals surface area (Å²) in [5, 5.41) is 21.7. The predicted molar refractivity (Wildman–Crippen MR) is 110 cm³/mol. The highest BCUT2D eigenvalue weighted by atomic mass is 16.6. The number of nitrogens with zero attached hydrogens (tertiary/aromatic N) is 6. The summed E-state index contributed by atoms with van der Waals surface area (Å²) in [7, 11) is 0. The molecule has 3 rings (SSSR count). The molecule has 11 heteroatoms. The summed E-state index contributed by atoms with van der Waals surface area (Å²) in [6.45, 7) is 6.86. The van der Waals surface area contributed by atoms with Crippen LogP contribution in [0.2, 0.25) is 0 Å². The smallest absolute Gasteiger partial charge is 0.420 e. The van der Waals surface area contributed by atoms with Crippen LogP contribution >= 0.6 is 0 Å².